The van der Waals surface area contributed by atoms with Gasteiger partial charge in [-0.2, -0.15) is 0 Å². The van der Waals surface area contributed by atoms with Gasteiger partial charge in [0.05, 0.1) is 18.1 Å². The molecule has 1 atom stereocenters. The van der Waals surface area contributed by atoms with Crippen LogP contribution in [0.1, 0.15) is 19.4 Å². The normalized spacial score (nSPS) is 11.2. The summed E-state index contributed by atoms with van der Waals surface area (Å²) in [5.74, 6) is -0.549. The van der Waals surface area contributed by atoms with Gasteiger partial charge in [0.1, 0.15) is 0 Å². The molecule has 0 aliphatic rings. The Kier molecular flexibility index (Phi) is 10.0. The smallest absolute Gasteiger partial charge is 0.239 e. The van der Waals surface area contributed by atoms with E-state index in [0.717, 1.165) is 16.5 Å². The van der Waals surface area contributed by atoms with Crippen molar-refractivity contribution in [1.29, 1.82) is 0 Å². The van der Waals surface area contributed by atoms with Gasteiger partial charge in [-0.1, -0.05) is 32.0 Å². The van der Waals surface area contributed by atoms with Crippen LogP contribution in [0.3, 0.4) is 0 Å². The Hall–Kier alpha value is -1.89. The number of nitrogens with zero attached hydrogens (tertiary/aromatic N) is 1. The van der Waals surface area contributed by atoms with E-state index in [9.17, 15) is 9.59 Å². The number of amides is 2. The fourth-order valence-corrected chi connectivity index (χ4v) is 2.06. The second kappa shape index (κ2) is 10.9. The molecule has 25 heavy (non-hydrogen) atoms. The first-order chi connectivity index (χ1) is 11.0. The summed E-state index contributed by atoms with van der Waals surface area (Å²) in [7, 11) is 0. The standard InChI is InChI=1S/C17H22N4O2.2ClH/c1-11(2)16(18)17(23)21-10-15(22)20-9-12-7-13-5-3-4-6-14(13)19-8-12;;/h3-8,11,16H,9-10,18H2,1-2H3,(H,20,22)(H,21,23);2*1H/t16-;;/m0../s1. The lowest BCUT2D eigenvalue weighted by atomic mass is 10.1. The van der Waals surface area contributed by atoms with Crippen molar-refractivity contribution in [3.05, 3.63) is 42.1 Å². The Labute approximate surface area is 159 Å². The minimum absolute atomic E-state index is 0. The highest BCUT2D eigenvalue weighted by Gasteiger charge is 2.17. The number of halogens is 2. The number of nitrogens with one attached hydrogen (secondary N) is 2. The highest BCUT2D eigenvalue weighted by Crippen LogP contribution is 2.12. The molecule has 0 saturated heterocycles. The Bertz CT molecular complexity index is 710. The first-order valence-corrected chi connectivity index (χ1v) is 7.61. The van der Waals surface area contributed by atoms with E-state index in [0.29, 0.717) is 6.54 Å². The fourth-order valence-electron chi connectivity index (χ4n) is 2.06. The maximum absolute atomic E-state index is 11.8. The number of carbonyl (C=O) groups excluding carboxylic acids is 2. The van der Waals surface area contributed by atoms with Gasteiger partial charge in [0.25, 0.3) is 0 Å². The Morgan fingerprint density at radius 2 is 1.84 bits per heavy atom. The van der Waals surface area contributed by atoms with Gasteiger partial charge in [0.2, 0.25) is 11.8 Å². The third-order valence-corrected chi connectivity index (χ3v) is 3.58. The van der Waals surface area contributed by atoms with Crippen molar-refractivity contribution in [2.45, 2.75) is 26.4 Å². The van der Waals surface area contributed by atoms with Gasteiger partial charge in [-0.15, -0.1) is 24.8 Å². The predicted molar refractivity (Wildman–Crippen MR) is 104 cm³/mol. The maximum Gasteiger partial charge on any atom is 0.239 e. The van der Waals surface area contributed by atoms with E-state index in [2.05, 4.69) is 15.6 Å². The van der Waals surface area contributed by atoms with Crippen LogP contribution in [0.2, 0.25) is 0 Å². The first kappa shape index (κ1) is 23.1. The topological polar surface area (TPSA) is 97.1 Å². The van der Waals surface area contributed by atoms with E-state index < -0.39 is 6.04 Å². The van der Waals surface area contributed by atoms with Gasteiger partial charge < -0.3 is 16.4 Å². The minimum atomic E-state index is -0.604. The summed E-state index contributed by atoms with van der Waals surface area (Å²) in [4.78, 5) is 27.8. The van der Waals surface area contributed by atoms with E-state index in [4.69, 9.17) is 5.73 Å². The van der Waals surface area contributed by atoms with Crippen LogP contribution in [0.15, 0.2) is 36.5 Å². The molecule has 0 radical (unpaired) electrons. The van der Waals surface area contributed by atoms with Gasteiger partial charge in [-0.3, -0.25) is 14.6 Å². The van der Waals surface area contributed by atoms with Crippen molar-refractivity contribution in [2.75, 3.05) is 6.54 Å². The van der Waals surface area contributed by atoms with E-state index in [1.807, 2.05) is 44.2 Å². The van der Waals surface area contributed by atoms with Crippen molar-refractivity contribution < 1.29 is 9.59 Å². The van der Waals surface area contributed by atoms with Crippen LogP contribution < -0.4 is 16.4 Å². The third-order valence-electron chi connectivity index (χ3n) is 3.58. The van der Waals surface area contributed by atoms with Crippen molar-refractivity contribution in [2.24, 2.45) is 11.7 Å². The number of aromatic nitrogens is 1. The van der Waals surface area contributed by atoms with Crippen molar-refractivity contribution >= 4 is 47.5 Å². The molecule has 6 nitrogen and oxygen atoms in total. The number of carbonyl (C=O) groups is 2. The zero-order valence-corrected chi connectivity index (χ0v) is 15.8. The molecule has 0 saturated carbocycles. The summed E-state index contributed by atoms with van der Waals surface area (Å²) in [5.41, 5.74) is 7.53. The molecule has 0 unspecified atom stereocenters. The molecule has 138 valence electrons. The summed E-state index contributed by atoms with van der Waals surface area (Å²) in [6, 6.07) is 9.16. The summed E-state index contributed by atoms with van der Waals surface area (Å²) < 4.78 is 0. The first-order valence-electron chi connectivity index (χ1n) is 7.61. The Balaban J connectivity index is 0.00000288. The van der Waals surface area contributed by atoms with Gasteiger partial charge in [0.15, 0.2) is 0 Å². The van der Waals surface area contributed by atoms with E-state index >= 15 is 0 Å². The maximum atomic E-state index is 11.8. The molecule has 0 aliphatic carbocycles. The predicted octanol–water partition coefficient (Wildman–Crippen LogP) is 1.79. The van der Waals surface area contributed by atoms with E-state index in [-0.39, 0.29) is 49.1 Å². The molecule has 0 aliphatic heterocycles. The van der Waals surface area contributed by atoms with Crippen LogP contribution in [0.5, 0.6) is 0 Å². The average Bonchev–Trinajstić information content (AvgIpc) is 2.56. The number of nitrogens with two attached hydrogens (primary N) is 1. The summed E-state index contributed by atoms with van der Waals surface area (Å²) >= 11 is 0. The second-order valence-corrected chi connectivity index (χ2v) is 5.80. The largest absolute Gasteiger partial charge is 0.350 e. The zero-order chi connectivity index (χ0) is 16.8. The molecule has 0 bridgehead atoms. The molecule has 0 fully saturated rings. The number of benzene rings is 1. The van der Waals surface area contributed by atoms with Crippen LogP contribution in [0.25, 0.3) is 10.9 Å². The molecule has 2 aromatic rings. The van der Waals surface area contributed by atoms with E-state index in [1.165, 1.54) is 0 Å². The zero-order valence-electron chi connectivity index (χ0n) is 14.2. The summed E-state index contributed by atoms with van der Waals surface area (Å²) in [5, 5.41) is 6.31. The van der Waals surface area contributed by atoms with Crippen LogP contribution in [0, 0.1) is 5.92 Å². The van der Waals surface area contributed by atoms with Crippen LogP contribution in [-0.2, 0) is 16.1 Å². The van der Waals surface area contributed by atoms with Crippen LogP contribution in [0.4, 0.5) is 0 Å². The van der Waals surface area contributed by atoms with E-state index in [1.54, 1.807) is 6.20 Å². The third kappa shape index (κ3) is 6.86. The monoisotopic (exact) mass is 386 g/mol. The summed E-state index contributed by atoms with van der Waals surface area (Å²) in [6.07, 6.45) is 1.73. The van der Waals surface area contributed by atoms with Gasteiger partial charge >= 0.3 is 0 Å². The average molecular weight is 387 g/mol. The molecule has 2 rings (SSSR count). The molecule has 4 N–H and O–H groups in total. The second-order valence-electron chi connectivity index (χ2n) is 5.80. The van der Waals surface area contributed by atoms with Crippen molar-refractivity contribution in [3.8, 4) is 0 Å². The van der Waals surface area contributed by atoms with Crippen LogP contribution in [-0.4, -0.2) is 29.4 Å². The van der Waals surface area contributed by atoms with Gasteiger partial charge in [-0.25, -0.2) is 0 Å². The number of fused-ring (bicyclic) bond motifs is 1. The number of rotatable bonds is 6. The Morgan fingerprint density at radius 1 is 1.16 bits per heavy atom. The number of para-hydroxylation sites is 1. The number of pyridine rings is 1. The molecule has 1 heterocycles. The molecule has 1 aromatic carbocycles. The molecular weight excluding hydrogens is 363 g/mol. The molecule has 8 heteroatoms. The molecule has 2 amide bonds. The number of hydrogen-bond acceptors (Lipinski definition) is 4. The van der Waals surface area contributed by atoms with Crippen molar-refractivity contribution in [1.82, 2.24) is 15.6 Å². The lowest BCUT2D eigenvalue weighted by Gasteiger charge is -2.15. The highest BCUT2D eigenvalue weighted by atomic mass is 35.5. The summed E-state index contributed by atoms with van der Waals surface area (Å²) in [6.45, 7) is 4.00. The SMILES string of the molecule is CC(C)[C@H](N)C(=O)NCC(=O)NCc1cnc2ccccc2c1.Cl.Cl. The minimum Gasteiger partial charge on any atom is -0.350 e. The fraction of sp³-hybridized carbons (Fsp3) is 0.353. The van der Waals surface area contributed by atoms with Gasteiger partial charge in [0, 0.05) is 18.1 Å². The molecule has 1 aromatic heterocycles. The number of hydrogen-bond donors (Lipinski definition) is 3. The quantitative estimate of drug-likeness (QED) is 0.704. The van der Waals surface area contributed by atoms with Crippen molar-refractivity contribution in [3.63, 3.8) is 0 Å². The lowest BCUT2D eigenvalue weighted by Crippen LogP contribution is -2.47. The molecule has 0 spiro atoms. The molecular formula is C17H24Cl2N4O2. The highest BCUT2D eigenvalue weighted by molar-refractivity contribution is 5.87. The Morgan fingerprint density at radius 3 is 2.52 bits per heavy atom. The lowest BCUT2D eigenvalue weighted by molar-refractivity contribution is -0.127. The van der Waals surface area contributed by atoms with Crippen LogP contribution >= 0.6 is 24.8 Å². The van der Waals surface area contributed by atoms with Gasteiger partial charge in [-0.05, 0) is 23.6 Å².